The van der Waals surface area contributed by atoms with Crippen molar-refractivity contribution in [3.8, 4) is 0 Å². The monoisotopic (exact) mass is 212 g/mol. The Balaban J connectivity index is 2.79. The smallest absolute Gasteiger partial charge is 0.322 e. The minimum absolute atomic E-state index is 0.00798. The zero-order chi connectivity index (χ0) is 11.4. The van der Waals surface area contributed by atoms with Gasteiger partial charge < -0.3 is 10.0 Å². The van der Waals surface area contributed by atoms with Crippen LogP contribution in [0.15, 0.2) is 6.07 Å². The maximum Gasteiger partial charge on any atom is 0.322 e. The van der Waals surface area contributed by atoms with Crippen LogP contribution in [0.4, 0.5) is 10.6 Å². The molecule has 84 valence electrons. The second kappa shape index (κ2) is 4.79. The Morgan fingerprint density at radius 3 is 2.87 bits per heavy atom. The average Bonchev–Trinajstić information content (AvgIpc) is 2.47. The van der Waals surface area contributed by atoms with Crippen molar-refractivity contribution < 1.29 is 9.90 Å². The minimum Gasteiger partial charge on any atom is -0.394 e. The van der Waals surface area contributed by atoms with Crippen molar-refractivity contribution in [2.24, 2.45) is 0 Å². The van der Waals surface area contributed by atoms with Gasteiger partial charge in [-0.05, 0) is 6.92 Å². The molecule has 0 bridgehead atoms. The van der Waals surface area contributed by atoms with E-state index >= 15 is 0 Å². The summed E-state index contributed by atoms with van der Waals surface area (Å²) in [7, 11) is 3.32. The summed E-state index contributed by atoms with van der Waals surface area (Å²) in [5.74, 6) is 0.597. The maximum absolute atomic E-state index is 11.4. The molecule has 0 spiro atoms. The summed E-state index contributed by atoms with van der Waals surface area (Å²) >= 11 is 0. The van der Waals surface area contributed by atoms with Crippen LogP contribution < -0.4 is 5.32 Å². The third-order valence-corrected chi connectivity index (χ3v) is 1.86. The van der Waals surface area contributed by atoms with Crippen LogP contribution in [0.2, 0.25) is 0 Å². The summed E-state index contributed by atoms with van der Waals surface area (Å²) in [5.41, 5.74) is 0.803. The largest absolute Gasteiger partial charge is 0.394 e. The van der Waals surface area contributed by atoms with Gasteiger partial charge in [0.1, 0.15) is 5.82 Å². The normalized spacial score (nSPS) is 10.1. The fourth-order valence-corrected chi connectivity index (χ4v) is 1.13. The van der Waals surface area contributed by atoms with E-state index in [9.17, 15) is 4.79 Å². The van der Waals surface area contributed by atoms with Gasteiger partial charge in [-0.25, -0.2) is 9.48 Å². The van der Waals surface area contributed by atoms with E-state index in [1.54, 1.807) is 24.8 Å². The predicted molar refractivity (Wildman–Crippen MR) is 56.8 cm³/mol. The summed E-state index contributed by atoms with van der Waals surface area (Å²) in [6.07, 6.45) is 0. The van der Waals surface area contributed by atoms with Crippen LogP contribution in [0.1, 0.15) is 5.69 Å². The zero-order valence-electron chi connectivity index (χ0n) is 9.19. The van der Waals surface area contributed by atoms with Crippen LogP contribution in [0.5, 0.6) is 0 Å². The molecule has 1 rings (SSSR count). The number of carbonyl (C=O) groups is 1. The fraction of sp³-hybridized carbons (Fsp3) is 0.556. The number of nitrogens with zero attached hydrogens (tertiary/aromatic N) is 3. The number of aromatic nitrogens is 2. The van der Waals surface area contributed by atoms with E-state index in [0.29, 0.717) is 12.4 Å². The molecule has 0 saturated heterocycles. The number of amides is 2. The van der Waals surface area contributed by atoms with Crippen molar-refractivity contribution in [2.45, 2.75) is 13.5 Å². The molecular weight excluding hydrogens is 196 g/mol. The molecule has 15 heavy (non-hydrogen) atoms. The highest BCUT2D eigenvalue weighted by molar-refractivity contribution is 5.88. The van der Waals surface area contributed by atoms with Gasteiger partial charge >= 0.3 is 6.03 Å². The highest BCUT2D eigenvalue weighted by Gasteiger charge is 2.09. The van der Waals surface area contributed by atoms with E-state index in [4.69, 9.17) is 5.11 Å². The molecule has 6 heteroatoms. The molecule has 0 aromatic carbocycles. The minimum atomic E-state index is -0.214. The van der Waals surface area contributed by atoms with Crippen LogP contribution in [-0.4, -0.2) is 46.5 Å². The Bertz CT molecular complexity index is 346. The lowest BCUT2D eigenvalue weighted by Gasteiger charge is -2.12. The second-order valence-corrected chi connectivity index (χ2v) is 3.44. The number of carbonyl (C=O) groups excluding carboxylic acids is 1. The number of nitrogens with one attached hydrogen (secondary N) is 1. The number of rotatable bonds is 3. The summed E-state index contributed by atoms with van der Waals surface area (Å²) in [6, 6.07) is 1.55. The number of aliphatic hydroxyl groups is 1. The molecule has 1 heterocycles. The lowest BCUT2D eigenvalue weighted by molar-refractivity contribution is 0.230. The second-order valence-electron chi connectivity index (χ2n) is 3.44. The van der Waals surface area contributed by atoms with Gasteiger partial charge in [0, 0.05) is 20.2 Å². The fourth-order valence-electron chi connectivity index (χ4n) is 1.13. The van der Waals surface area contributed by atoms with Gasteiger partial charge in [-0.3, -0.25) is 5.32 Å². The van der Waals surface area contributed by atoms with E-state index in [0.717, 1.165) is 5.69 Å². The van der Waals surface area contributed by atoms with Crippen molar-refractivity contribution in [3.63, 3.8) is 0 Å². The Morgan fingerprint density at radius 1 is 1.67 bits per heavy atom. The molecule has 0 saturated carbocycles. The first-order valence-electron chi connectivity index (χ1n) is 4.68. The van der Waals surface area contributed by atoms with Crippen LogP contribution >= 0.6 is 0 Å². The van der Waals surface area contributed by atoms with Gasteiger partial charge in [0.25, 0.3) is 0 Å². The molecule has 0 aliphatic rings. The van der Waals surface area contributed by atoms with E-state index in [2.05, 4.69) is 10.4 Å². The Hall–Kier alpha value is -1.56. The Labute approximate surface area is 88.5 Å². The topological polar surface area (TPSA) is 70.4 Å². The van der Waals surface area contributed by atoms with Crippen LogP contribution in [0.3, 0.4) is 0 Å². The molecule has 0 unspecified atom stereocenters. The third kappa shape index (κ3) is 2.95. The molecular formula is C9H16N4O2. The summed E-state index contributed by atoms with van der Waals surface area (Å²) in [4.78, 5) is 12.8. The number of anilines is 1. The molecule has 0 atom stereocenters. The van der Waals surface area contributed by atoms with Crippen LogP contribution in [-0.2, 0) is 6.54 Å². The van der Waals surface area contributed by atoms with Gasteiger partial charge in [-0.15, -0.1) is 0 Å². The first-order valence-corrected chi connectivity index (χ1v) is 4.68. The Kier molecular flexibility index (Phi) is 3.68. The molecule has 2 amide bonds. The van der Waals surface area contributed by atoms with Gasteiger partial charge in [-0.1, -0.05) is 0 Å². The molecule has 2 N–H and O–H groups in total. The van der Waals surface area contributed by atoms with Gasteiger partial charge in [-0.2, -0.15) is 5.10 Å². The van der Waals surface area contributed by atoms with Gasteiger partial charge in [0.15, 0.2) is 0 Å². The summed E-state index contributed by atoms with van der Waals surface area (Å²) in [5, 5.41) is 15.6. The van der Waals surface area contributed by atoms with Gasteiger partial charge in [0.2, 0.25) is 0 Å². The number of hydrogen-bond donors (Lipinski definition) is 2. The van der Waals surface area contributed by atoms with Crippen LogP contribution in [0, 0.1) is 6.92 Å². The lowest BCUT2D eigenvalue weighted by atomic mass is 10.5. The molecule has 1 aromatic rings. The van der Waals surface area contributed by atoms with Crippen LogP contribution in [0.25, 0.3) is 0 Å². The quantitative estimate of drug-likeness (QED) is 0.756. The van der Waals surface area contributed by atoms with Crippen molar-refractivity contribution in [3.05, 3.63) is 11.8 Å². The van der Waals surface area contributed by atoms with E-state index in [1.807, 2.05) is 6.92 Å². The maximum atomic E-state index is 11.4. The number of hydrogen-bond acceptors (Lipinski definition) is 3. The zero-order valence-corrected chi connectivity index (χ0v) is 9.19. The molecule has 0 fully saturated rings. The molecule has 0 aliphatic heterocycles. The number of aliphatic hydroxyl groups excluding tert-OH is 1. The first-order chi connectivity index (χ1) is 7.04. The lowest BCUT2D eigenvalue weighted by Crippen LogP contribution is -2.28. The third-order valence-electron chi connectivity index (χ3n) is 1.86. The van der Waals surface area contributed by atoms with Crippen molar-refractivity contribution in [1.29, 1.82) is 0 Å². The summed E-state index contributed by atoms with van der Waals surface area (Å²) in [6.45, 7) is 2.20. The molecule has 6 nitrogen and oxygen atoms in total. The van der Waals surface area contributed by atoms with Gasteiger partial charge in [0.05, 0.1) is 18.8 Å². The highest BCUT2D eigenvalue weighted by atomic mass is 16.3. The van der Waals surface area contributed by atoms with Crippen molar-refractivity contribution in [2.75, 3.05) is 26.0 Å². The van der Waals surface area contributed by atoms with E-state index in [1.165, 1.54) is 4.90 Å². The van der Waals surface area contributed by atoms with Crippen molar-refractivity contribution in [1.82, 2.24) is 14.7 Å². The predicted octanol–water partition coefficient (Wildman–Crippen LogP) is 0.277. The molecule has 1 aromatic heterocycles. The number of aryl methyl sites for hydroxylation is 1. The number of urea groups is 1. The molecule has 0 radical (unpaired) electrons. The van der Waals surface area contributed by atoms with Crippen molar-refractivity contribution >= 4 is 11.8 Å². The van der Waals surface area contributed by atoms with E-state index in [-0.39, 0.29) is 12.6 Å². The SMILES string of the molecule is Cc1cc(NC(=O)N(C)C)n(CCO)n1. The highest BCUT2D eigenvalue weighted by Crippen LogP contribution is 2.10. The standard InChI is InChI=1S/C9H16N4O2/c1-7-6-8(10-9(15)12(2)3)13(11-7)4-5-14/h6,14H,4-5H2,1-3H3,(H,10,15). The summed E-state index contributed by atoms with van der Waals surface area (Å²) < 4.78 is 1.57. The van der Waals surface area contributed by atoms with E-state index < -0.39 is 0 Å². The average molecular weight is 212 g/mol. The molecule has 0 aliphatic carbocycles. The first kappa shape index (κ1) is 11.5. The Morgan fingerprint density at radius 2 is 2.33 bits per heavy atom.